The van der Waals surface area contributed by atoms with Crippen LogP contribution in [0.1, 0.15) is 28.4 Å². The Morgan fingerprint density at radius 2 is 1.73 bits per heavy atom. The van der Waals surface area contributed by atoms with Crippen LogP contribution in [-0.2, 0) is 9.53 Å². The van der Waals surface area contributed by atoms with Gasteiger partial charge in [0.25, 0.3) is 5.91 Å². The first-order valence-electron chi connectivity index (χ1n) is 10.3. The second kappa shape index (κ2) is 9.71. The molecule has 6 nitrogen and oxygen atoms in total. The standard InChI is InChI=1S/C26H21ClN2O4/c1-3-33-20-14-12-19(13-15-20)29-24(21-6-4-5-7-22(21)27)28-23(25(29)30)16-17-8-10-18(11-9-17)26(31)32-2/h4-16H,3H2,1-2H3/b23-16+. The lowest BCUT2D eigenvalue weighted by molar-refractivity contribution is -0.113. The van der Waals surface area contributed by atoms with E-state index in [-0.39, 0.29) is 11.6 Å². The third kappa shape index (κ3) is 4.66. The Labute approximate surface area is 196 Å². The van der Waals surface area contributed by atoms with E-state index in [1.54, 1.807) is 36.4 Å². The highest BCUT2D eigenvalue weighted by Crippen LogP contribution is 2.31. The maximum Gasteiger partial charge on any atom is 0.337 e. The van der Waals surface area contributed by atoms with Crippen molar-refractivity contribution in [1.29, 1.82) is 0 Å². The largest absolute Gasteiger partial charge is 0.494 e. The SMILES string of the molecule is CCOc1ccc(N2C(=O)/C(=C\c3ccc(C(=O)OC)cc3)N=C2c2ccccc2Cl)cc1. The van der Waals surface area contributed by atoms with Crippen LogP contribution in [0.4, 0.5) is 5.69 Å². The molecular weight excluding hydrogens is 440 g/mol. The third-order valence-corrected chi connectivity index (χ3v) is 5.35. The molecule has 3 aromatic rings. The zero-order chi connectivity index (χ0) is 23.4. The van der Waals surface area contributed by atoms with E-state index in [0.29, 0.717) is 40.0 Å². The van der Waals surface area contributed by atoms with Gasteiger partial charge in [-0.05, 0) is 67.1 Å². The number of rotatable bonds is 6. The lowest BCUT2D eigenvalue weighted by Crippen LogP contribution is -2.32. The van der Waals surface area contributed by atoms with Crippen LogP contribution in [0.5, 0.6) is 5.75 Å². The summed E-state index contributed by atoms with van der Waals surface area (Å²) < 4.78 is 10.2. The van der Waals surface area contributed by atoms with Crippen molar-refractivity contribution in [3.8, 4) is 5.75 Å². The highest BCUT2D eigenvalue weighted by Gasteiger charge is 2.33. The summed E-state index contributed by atoms with van der Waals surface area (Å²) in [6, 6.07) is 21.2. The summed E-state index contributed by atoms with van der Waals surface area (Å²) in [7, 11) is 1.33. The molecule has 1 amide bonds. The lowest BCUT2D eigenvalue weighted by atomic mass is 10.1. The van der Waals surface area contributed by atoms with Gasteiger partial charge in [0, 0.05) is 5.56 Å². The van der Waals surface area contributed by atoms with Gasteiger partial charge < -0.3 is 9.47 Å². The Kier molecular flexibility index (Phi) is 6.56. The number of esters is 1. The number of hydrogen-bond acceptors (Lipinski definition) is 5. The molecule has 0 saturated carbocycles. The molecule has 0 unspecified atom stereocenters. The van der Waals surface area contributed by atoms with Crippen molar-refractivity contribution in [2.24, 2.45) is 4.99 Å². The molecule has 0 spiro atoms. The van der Waals surface area contributed by atoms with Crippen LogP contribution < -0.4 is 9.64 Å². The quantitative estimate of drug-likeness (QED) is 0.367. The third-order valence-electron chi connectivity index (χ3n) is 5.02. The van der Waals surface area contributed by atoms with Gasteiger partial charge in [-0.15, -0.1) is 0 Å². The van der Waals surface area contributed by atoms with E-state index in [1.807, 2.05) is 49.4 Å². The van der Waals surface area contributed by atoms with Gasteiger partial charge in [-0.25, -0.2) is 9.79 Å². The summed E-state index contributed by atoms with van der Waals surface area (Å²) in [6.07, 6.45) is 1.68. The minimum absolute atomic E-state index is 0.254. The van der Waals surface area contributed by atoms with Crippen LogP contribution >= 0.6 is 11.6 Å². The number of carbonyl (C=O) groups excluding carboxylic acids is 2. The van der Waals surface area contributed by atoms with E-state index in [0.717, 1.165) is 5.56 Å². The van der Waals surface area contributed by atoms with Gasteiger partial charge >= 0.3 is 5.97 Å². The minimum atomic E-state index is -0.424. The van der Waals surface area contributed by atoms with Crippen LogP contribution in [0.25, 0.3) is 6.08 Å². The molecular formula is C26H21ClN2O4. The number of amidine groups is 1. The molecule has 1 heterocycles. The molecule has 0 atom stereocenters. The monoisotopic (exact) mass is 460 g/mol. The molecule has 3 aromatic carbocycles. The highest BCUT2D eigenvalue weighted by atomic mass is 35.5. The number of benzene rings is 3. The average molecular weight is 461 g/mol. The number of amides is 1. The number of ether oxygens (including phenoxy) is 2. The summed E-state index contributed by atoms with van der Waals surface area (Å²) in [5.41, 5.74) is 2.69. The average Bonchev–Trinajstić information content (AvgIpc) is 3.15. The van der Waals surface area contributed by atoms with Crippen LogP contribution in [0.3, 0.4) is 0 Å². The summed E-state index contributed by atoms with van der Waals surface area (Å²) in [5.74, 6) is 0.441. The van der Waals surface area contributed by atoms with Gasteiger partial charge in [-0.1, -0.05) is 35.9 Å². The van der Waals surface area contributed by atoms with E-state index in [1.165, 1.54) is 12.0 Å². The molecule has 166 valence electrons. The molecule has 0 aromatic heterocycles. The van der Waals surface area contributed by atoms with Gasteiger partial charge in [0.05, 0.1) is 30.0 Å². The van der Waals surface area contributed by atoms with Crippen molar-refractivity contribution in [1.82, 2.24) is 0 Å². The predicted octanol–water partition coefficient (Wildman–Crippen LogP) is 5.36. The predicted molar refractivity (Wildman–Crippen MR) is 129 cm³/mol. The fraction of sp³-hybridized carbons (Fsp3) is 0.115. The fourth-order valence-corrected chi connectivity index (χ4v) is 3.65. The molecule has 0 aliphatic carbocycles. The van der Waals surface area contributed by atoms with Crippen LogP contribution in [-0.4, -0.2) is 31.4 Å². The Morgan fingerprint density at radius 1 is 1.03 bits per heavy atom. The smallest absolute Gasteiger partial charge is 0.337 e. The van der Waals surface area contributed by atoms with Gasteiger partial charge in [-0.2, -0.15) is 0 Å². The molecule has 4 rings (SSSR count). The van der Waals surface area contributed by atoms with Crippen molar-refractivity contribution >= 4 is 41.1 Å². The van der Waals surface area contributed by atoms with Crippen molar-refractivity contribution in [3.63, 3.8) is 0 Å². The van der Waals surface area contributed by atoms with E-state index in [4.69, 9.17) is 21.1 Å². The number of halogens is 1. The summed E-state index contributed by atoms with van der Waals surface area (Å²) >= 11 is 6.44. The van der Waals surface area contributed by atoms with Crippen molar-refractivity contribution in [2.45, 2.75) is 6.92 Å². The second-order valence-corrected chi connectivity index (χ2v) is 7.53. The topological polar surface area (TPSA) is 68.2 Å². The Morgan fingerprint density at radius 3 is 2.36 bits per heavy atom. The Bertz CT molecular complexity index is 1250. The molecule has 0 saturated heterocycles. The van der Waals surface area contributed by atoms with Crippen molar-refractivity contribution < 1.29 is 19.1 Å². The van der Waals surface area contributed by atoms with E-state index < -0.39 is 5.97 Å². The summed E-state index contributed by atoms with van der Waals surface area (Å²) in [4.78, 5) is 31.3. The number of carbonyl (C=O) groups is 2. The molecule has 0 radical (unpaired) electrons. The number of methoxy groups -OCH3 is 1. The first-order valence-corrected chi connectivity index (χ1v) is 10.7. The van der Waals surface area contributed by atoms with Crippen LogP contribution in [0, 0.1) is 0 Å². The number of aliphatic imine (C=N–C) groups is 1. The summed E-state index contributed by atoms with van der Waals surface area (Å²) in [5, 5.41) is 0.490. The zero-order valence-corrected chi connectivity index (χ0v) is 18.9. The molecule has 33 heavy (non-hydrogen) atoms. The Balaban J connectivity index is 1.75. The fourth-order valence-electron chi connectivity index (χ4n) is 3.43. The van der Waals surface area contributed by atoms with E-state index in [9.17, 15) is 9.59 Å². The van der Waals surface area contributed by atoms with Crippen LogP contribution in [0.15, 0.2) is 83.5 Å². The van der Waals surface area contributed by atoms with Gasteiger partial charge in [0.1, 0.15) is 17.3 Å². The van der Waals surface area contributed by atoms with E-state index in [2.05, 4.69) is 4.99 Å². The van der Waals surface area contributed by atoms with Crippen molar-refractivity contribution in [2.75, 3.05) is 18.6 Å². The van der Waals surface area contributed by atoms with Crippen LogP contribution in [0.2, 0.25) is 5.02 Å². The van der Waals surface area contributed by atoms with Crippen molar-refractivity contribution in [3.05, 3.63) is 100 Å². The van der Waals surface area contributed by atoms with Gasteiger partial charge in [0.2, 0.25) is 0 Å². The number of anilines is 1. The lowest BCUT2D eigenvalue weighted by Gasteiger charge is -2.19. The molecule has 0 fully saturated rings. The molecule has 0 bridgehead atoms. The minimum Gasteiger partial charge on any atom is -0.494 e. The highest BCUT2D eigenvalue weighted by molar-refractivity contribution is 6.39. The molecule has 1 aliphatic heterocycles. The molecule has 0 N–H and O–H groups in total. The molecule has 1 aliphatic rings. The maximum atomic E-state index is 13.4. The first kappa shape index (κ1) is 22.3. The molecule has 7 heteroatoms. The number of hydrogen-bond donors (Lipinski definition) is 0. The van der Waals surface area contributed by atoms with Gasteiger partial charge in [-0.3, -0.25) is 9.69 Å². The summed E-state index contributed by atoms with van der Waals surface area (Å²) in [6.45, 7) is 2.46. The normalized spacial score (nSPS) is 14.4. The van der Waals surface area contributed by atoms with Gasteiger partial charge in [0.15, 0.2) is 0 Å². The first-order chi connectivity index (χ1) is 16.0. The van der Waals surface area contributed by atoms with E-state index >= 15 is 0 Å². The number of nitrogens with zero attached hydrogens (tertiary/aromatic N) is 2. The second-order valence-electron chi connectivity index (χ2n) is 7.13. The Hall–Kier alpha value is -3.90. The maximum absolute atomic E-state index is 13.4. The zero-order valence-electron chi connectivity index (χ0n) is 18.1.